The van der Waals surface area contributed by atoms with Crippen molar-refractivity contribution in [1.29, 1.82) is 0 Å². The lowest BCUT2D eigenvalue weighted by Gasteiger charge is -2.22. The minimum atomic E-state index is 0.0604. The first-order valence-electron chi connectivity index (χ1n) is 6.71. The van der Waals surface area contributed by atoms with Crippen LogP contribution in [-0.4, -0.2) is 23.5 Å². The van der Waals surface area contributed by atoms with Gasteiger partial charge in [0.2, 0.25) is 5.91 Å². The lowest BCUT2D eigenvalue weighted by Crippen LogP contribution is -2.39. The van der Waals surface area contributed by atoms with Gasteiger partial charge in [-0.2, -0.15) is 0 Å². The standard InChI is InChI=1S/C14H21N3O/c1-11-6-5-9-13(16-11)15-10-14(18)17-12-7-3-2-4-8-12/h5-6,9,12H,2-4,7-8,10H2,1H3,(H,15,16)(H,17,18). The van der Waals surface area contributed by atoms with Crippen molar-refractivity contribution in [3.8, 4) is 0 Å². The summed E-state index contributed by atoms with van der Waals surface area (Å²) in [4.78, 5) is 16.1. The highest BCUT2D eigenvalue weighted by atomic mass is 16.1. The zero-order valence-corrected chi connectivity index (χ0v) is 10.9. The molecule has 0 bridgehead atoms. The zero-order valence-electron chi connectivity index (χ0n) is 10.9. The second-order valence-electron chi connectivity index (χ2n) is 4.92. The maximum atomic E-state index is 11.8. The molecule has 0 atom stereocenters. The van der Waals surface area contributed by atoms with Crippen LogP contribution in [0.3, 0.4) is 0 Å². The number of anilines is 1. The number of hydrogen-bond donors (Lipinski definition) is 2. The molecule has 1 heterocycles. The van der Waals surface area contributed by atoms with Gasteiger partial charge in [-0.1, -0.05) is 25.3 Å². The average Bonchev–Trinajstić information content (AvgIpc) is 2.38. The molecule has 1 aromatic heterocycles. The first-order valence-corrected chi connectivity index (χ1v) is 6.71. The molecule has 2 rings (SSSR count). The molecule has 1 aliphatic rings. The molecule has 0 aliphatic heterocycles. The van der Waals surface area contributed by atoms with Gasteiger partial charge in [0, 0.05) is 11.7 Å². The third-order valence-corrected chi connectivity index (χ3v) is 3.29. The van der Waals surface area contributed by atoms with Gasteiger partial charge in [-0.05, 0) is 31.9 Å². The van der Waals surface area contributed by atoms with E-state index in [4.69, 9.17) is 0 Å². The van der Waals surface area contributed by atoms with Crippen molar-refractivity contribution in [3.05, 3.63) is 23.9 Å². The molecule has 4 heteroatoms. The van der Waals surface area contributed by atoms with Crippen molar-refractivity contribution in [2.45, 2.75) is 45.1 Å². The Balaban J connectivity index is 1.74. The smallest absolute Gasteiger partial charge is 0.239 e. The summed E-state index contributed by atoms with van der Waals surface area (Å²) in [5.41, 5.74) is 0.952. The molecule has 4 nitrogen and oxygen atoms in total. The number of hydrogen-bond acceptors (Lipinski definition) is 3. The number of aryl methyl sites for hydroxylation is 1. The van der Waals surface area contributed by atoms with E-state index in [2.05, 4.69) is 15.6 Å². The molecule has 98 valence electrons. The highest BCUT2D eigenvalue weighted by Gasteiger charge is 2.15. The normalized spacial score (nSPS) is 16.3. The predicted octanol–water partition coefficient (Wildman–Crippen LogP) is 2.25. The molecule has 1 aromatic rings. The van der Waals surface area contributed by atoms with Crippen molar-refractivity contribution in [2.75, 3.05) is 11.9 Å². The van der Waals surface area contributed by atoms with Gasteiger partial charge < -0.3 is 10.6 Å². The van der Waals surface area contributed by atoms with Crippen molar-refractivity contribution in [2.24, 2.45) is 0 Å². The van der Waals surface area contributed by atoms with Gasteiger partial charge in [0.25, 0.3) is 0 Å². The number of nitrogens with one attached hydrogen (secondary N) is 2. The molecule has 2 N–H and O–H groups in total. The lowest BCUT2D eigenvalue weighted by atomic mass is 9.95. The highest BCUT2D eigenvalue weighted by Crippen LogP contribution is 2.17. The Kier molecular flexibility index (Phi) is 4.56. The fourth-order valence-corrected chi connectivity index (χ4v) is 2.34. The number of aromatic nitrogens is 1. The summed E-state index contributed by atoms with van der Waals surface area (Å²) >= 11 is 0. The van der Waals surface area contributed by atoms with E-state index in [1.54, 1.807) is 0 Å². The topological polar surface area (TPSA) is 54.0 Å². The molecule has 0 radical (unpaired) electrons. The van der Waals surface area contributed by atoms with Crippen LogP contribution in [0, 0.1) is 6.92 Å². The van der Waals surface area contributed by atoms with Gasteiger partial charge in [0.1, 0.15) is 5.82 Å². The van der Waals surface area contributed by atoms with Crippen molar-refractivity contribution >= 4 is 11.7 Å². The number of pyridine rings is 1. The molecule has 1 aliphatic carbocycles. The van der Waals surface area contributed by atoms with Crippen LogP contribution in [0.15, 0.2) is 18.2 Å². The fourth-order valence-electron chi connectivity index (χ4n) is 2.34. The van der Waals surface area contributed by atoms with Crippen LogP contribution in [0.5, 0.6) is 0 Å². The van der Waals surface area contributed by atoms with Gasteiger partial charge in [-0.15, -0.1) is 0 Å². The molecule has 1 saturated carbocycles. The zero-order chi connectivity index (χ0) is 12.8. The first-order chi connectivity index (χ1) is 8.74. The monoisotopic (exact) mass is 247 g/mol. The van der Waals surface area contributed by atoms with E-state index in [0.29, 0.717) is 12.6 Å². The largest absolute Gasteiger partial charge is 0.361 e. The summed E-state index contributed by atoms with van der Waals surface area (Å²) in [5.74, 6) is 0.819. The molecule has 0 saturated heterocycles. The summed E-state index contributed by atoms with van der Waals surface area (Å²) < 4.78 is 0. The van der Waals surface area contributed by atoms with E-state index in [0.717, 1.165) is 24.4 Å². The fraction of sp³-hybridized carbons (Fsp3) is 0.571. The van der Waals surface area contributed by atoms with Crippen LogP contribution in [0.25, 0.3) is 0 Å². The summed E-state index contributed by atoms with van der Waals surface area (Å²) in [6.07, 6.45) is 6.01. The second-order valence-corrected chi connectivity index (χ2v) is 4.92. The molecule has 18 heavy (non-hydrogen) atoms. The van der Waals surface area contributed by atoms with Crippen molar-refractivity contribution < 1.29 is 4.79 Å². The number of carbonyl (C=O) groups excluding carboxylic acids is 1. The van der Waals surface area contributed by atoms with Crippen LogP contribution in [0.2, 0.25) is 0 Å². The number of nitrogens with zero attached hydrogens (tertiary/aromatic N) is 1. The Bertz CT molecular complexity index is 400. The van der Waals surface area contributed by atoms with Gasteiger partial charge in [-0.25, -0.2) is 4.98 Å². The van der Waals surface area contributed by atoms with Crippen LogP contribution in [0.4, 0.5) is 5.82 Å². The average molecular weight is 247 g/mol. The molecule has 1 amide bonds. The minimum absolute atomic E-state index is 0.0604. The maximum Gasteiger partial charge on any atom is 0.239 e. The van der Waals surface area contributed by atoms with Gasteiger partial charge >= 0.3 is 0 Å². The SMILES string of the molecule is Cc1cccc(NCC(=O)NC2CCCCC2)n1. The molecular formula is C14H21N3O. The van der Waals surface area contributed by atoms with E-state index >= 15 is 0 Å². The molecular weight excluding hydrogens is 226 g/mol. The third kappa shape index (κ3) is 4.02. The van der Waals surface area contributed by atoms with Crippen LogP contribution < -0.4 is 10.6 Å². The van der Waals surface area contributed by atoms with Gasteiger partial charge in [0.15, 0.2) is 0 Å². The quantitative estimate of drug-likeness (QED) is 0.858. The van der Waals surface area contributed by atoms with Crippen LogP contribution in [0.1, 0.15) is 37.8 Å². The highest BCUT2D eigenvalue weighted by molar-refractivity contribution is 5.80. The third-order valence-electron chi connectivity index (χ3n) is 3.29. The maximum absolute atomic E-state index is 11.8. The molecule has 0 unspecified atom stereocenters. The lowest BCUT2D eigenvalue weighted by molar-refractivity contribution is -0.120. The van der Waals surface area contributed by atoms with Crippen molar-refractivity contribution in [1.82, 2.24) is 10.3 Å². The van der Waals surface area contributed by atoms with Crippen LogP contribution >= 0.6 is 0 Å². The van der Waals surface area contributed by atoms with Crippen LogP contribution in [-0.2, 0) is 4.79 Å². The summed E-state index contributed by atoms with van der Waals surface area (Å²) in [7, 11) is 0. The Morgan fingerprint density at radius 2 is 2.11 bits per heavy atom. The Hall–Kier alpha value is -1.58. The van der Waals surface area contributed by atoms with E-state index in [1.165, 1.54) is 19.3 Å². The Morgan fingerprint density at radius 3 is 2.83 bits per heavy atom. The van der Waals surface area contributed by atoms with E-state index < -0.39 is 0 Å². The first kappa shape index (κ1) is 12.9. The van der Waals surface area contributed by atoms with Gasteiger partial charge in [0.05, 0.1) is 6.54 Å². The summed E-state index contributed by atoms with van der Waals surface area (Å²) in [6, 6.07) is 6.12. The minimum Gasteiger partial charge on any atom is -0.361 e. The molecule has 1 fully saturated rings. The predicted molar refractivity (Wildman–Crippen MR) is 72.5 cm³/mol. The van der Waals surface area contributed by atoms with Crippen molar-refractivity contribution in [3.63, 3.8) is 0 Å². The summed E-state index contributed by atoms with van der Waals surface area (Å²) in [5, 5.41) is 6.13. The summed E-state index contributed by atoms with van der Waals surface area (Å²) in [6.45, 7) is 2.24. The Morgan fingerprint density at radius 1 is 1.33 bits per heavy atom. The van der Waals surface area contributed by atoms with E-state index in [-0.39, 0.29) is 5.91 Å². The van der Waals surface area contributed by atoms with E-state index in [9.17, 15) is 4.79 Å². The number of amides is 1. The second kappa shape index (κ2) is 6.38. The number of rotatable bonds is 4. The Labute approximate surface area is 108 Å². The van der Waals surface area contributed by atoms with E-state index in [1.807, 2.05) is 25.1 Å². The van der Waals surface area contributed by atoms with Gasteiger partial charge in [-0.3, -0.25) is 4.79 Å². The molecule has 0 aromatic carbocycles. The molecule has 0 spiro atoms. The number of carbonyl (C=O) groups is 1.